The van der Waals surface area contributed by atoms with Crippen LogP contribution in [0.2, 0.25) is 0 Å². The van der Waals surface area contributed by atoms with Crippen LogP contribution in [0.4, 0.5) is 14.6 Å². The molecule has 1 saturated carbocycles. The number of methoxy groups -OCH3 is 1. The maximum atomic E-state index is 16.9. The summed E-state index contributed by atoms with van der Waals surface area (Å²) in [6.07, 6.45) is 6.39. The lowest BCUT2D eigenvalue weighted by Gasteiger charge is -2.30. The number of hydrogen-bond donors (Lipinski definition) is 3. The highest BCUT2D eigenvalue weighted by atomic mass is 19.1. The van der Waals surface area contributed by atoms with Crippen LogP contribution in [0.25, 0.3) is 32.9 Å². The van der Waals surface area contributed by atoms with Gasteiger partial charge in [-0.25, -0.2) is 13.8 Å². The SMILES string of the molecule is CCc1c(F)ccc2cc(O)cc(-c3nc(OC)c4c(N5CCNCC5)nc(OCC5(CN6CC=CC6CO)CC5)nc4c3F)c12. The van der Waals surface area contributed by atoms with Gasteiger partial charge in [-0.2, -0.15) is 9.97 Å². The summed E-state index contributed by atoms with van der Waals surface area (Å²) in [5.41, 5.74) is 0.390. The molecule has 12 heteroatoms. The number of aromatic nitrogens is 3. The predicted octanol–water partition coefficient (Wildman–Crippen LogP) is 4.20. The van der Waals surface area contributed by atoms with E-state index < -0.39 is 11.6 Å². The predicted molar refractivity (Wildman–Crippen MR) is 172 cm³/mol. The van der Waals surface area contributed by atoms with Crippen LogP contribution in [-0.2, 0) is 6.42 Å². The molecule has 0 amide bonds. The van der Waals surface area contributed by atoms with E-state index >= 15 is 8.78 Å². The number of hydrogen-bond acceptors (Lipinski definition) is 10. The molecule has 2 aliphatic heterocycles. The Labute approximate surface area is 265 Å². The van der Waals surface area contributed by atoms with Gasteiger partial charge in [-0.15, -0.1) is 0 Å². The van der Waals surface area contributed by atoms with Crippen molar-refractivity contribution in [3.8, 4) is 28.9 Å². The highest BCUT2D eigenvalue weighted by Crippen LogP contribution is 2.47. The summed E-state index contributed by atoms with van der Waals surface area (Å²) in [6.45, 7) is 6.48. The number of anilines is 1. The van der Waals surface area contributed by atoms with Crippen molar-refractivity contribution < 1.29 is 28.5 Å². The Hall–Kier alpha value is -4.13. The number of aromatic hydroxyl groups is 1. The normalized spacial score (nSPS) is 19.3. The number of phenols is 1. The Bertz CT molecular complexity index is 1830. The van der Waals surface area contributed by atoms with Crippen LogP contribution >= 0.6 is 0 Å². The summed E-state index contributed by atoms with van der Waals surface area (Å²) in [5, 5.41) is 25.1. The molecule has 2 fully saturated rings. The minimum atomic E-state index is -0.743. The van der Waals surface area contributed by atoms with Crippen molar-refractivity contribution in [3.05, 3.63) is 53.6 Å². The molecule has 0 bridgehead atoms. The Morgan fingerprint density at radius 1 is 1.09 bits per heavy atom. The van der Waals surface area contributed by atoms with Gasteiger partial charge in [0.2, 0.25) is 5.88 Å². The monoisotopic (exact) mass is 632 g/mol. The maximum Gasteiger partial charge on any atom is 0.319 e. The number of piperazine rings is 1. The van der Waals surface area contributed by atoms with Crippen molar-refractivity contribution >= 4 is 27.5 Å². The average molecular weight is 633 g/mol. The summed E-state index contributed by atoms with van der Waals surface area (Å²) in [5.74, 6) is -0.680. The number of nitrogens with zero attached hydrogens (tertiary/aromatic N) is 5. The van der Waals surface area contributed by atoms with E-state index in [1.165, 1.54) is 25.3 Å². The number of nitrogens with one attached hydrogen (secondary N) is 1. The summed E-state index contributed by atoms with van der Waals surface area (Å²) in [7, 11) is 1.46. The molecule has 4 aromatic rings. The van der Waals surface area contributed by atoms with Gasteiger partial charge in [0.05, 0.1) is 26.4 Å². The van der Waals surface area contributed by atoms with Crippen molar-refractivity contribution in [2.24, 2.45) is 5.41 Å². The molecule has 3 aliphatic rings. The molecule has 1 saturated heterocycles. The van der Waals surface area contributed by atoms with Gasteiger partial charge < -0.3 is 29.9 Å². The molecule has 46 heavy (non-hydrogen) atoms. The van der Waals surface area contributed by atoms with Gasteiger partial charge in [0.1, 0.15) is 34.0 Å². The van der Waals surface area contributed by atoms with Crippen LogP contribution in [0.5, 0.6) is 17.6 Å². The number of phenolic OH excluding ortho intramolecular Hbond substituents is 1. The number of ether oxygens (including phenoxy) is 2. The van der Waals surface area contributed by atoms with Crippen LogP contribution in [0.1, 0.15) is 25.3 Å². The van der Waals surface area contributed by atoms with Crippen LogP contribution in [0.15, 0.2) is 36.4 Å². The first-order valence-electron chi connectivity index (χ1n) is 15.8. The fourth-order valence-corrected chi connectivity index (χ4v) is 6.77. The topological polar surface area (TPSA) is 116 Å². The molecule has 2 aromatic heterocycles. The third-order valence-corrected chi connectivity index (χ3v) is 9.44. The first-order chi connectivity index (χ1) is 22.3. The van der Waals surface area contributed by atoms with E-state index in [0.717, 1.165) is 39.0 Å². The van der Waals surface area contributed by atoms with Gasteiger partial charge in [0, 0.05) is 50.2 Å². The molecule has 7 rings (SSSR count). The van der Waals surface area contributed by atoms with Crippen molar-refractivity contribution in [2.45, 2.75) is 32.2 Å². The molecule has 242 valence electrons. The molecule has 0 radical (unpaired) electrons. The number of benzene rings is 2. The molecule has 3 N–H and O–H groups in total. The zero-order chi connectivity index (χ0) is 32.0. The third-order valence-electron chi connectivity index (χ3n) is 9.44. The Balaban J connectivity index is 1.35. The molecular weight excluding hydrogens is 594 g/mol. The quantitative estimate of drug-likeness (QED) is 0.220. The summed E-state index contributed by atoms with van der Waals surface area (Å²) < 4.78 is 44.0. The largest absolute Gasteiger partial charge is 0.508 e. The Morgan fingerprint density at radius 3 is 2.61 bits per heavy atom. The summed E-state index contributed by atoms with van der Waals surface area (Å²) in [4.78, 5) is 18.3. The zero-order valence-corrected chi connectivity index (χ0v) is 26.0. The second kappa shape index (κ2) is 12.2. The van der Waals surface area contributed by atoms with Crippen molar-refractivity contribution in [3.63, 3.8) is 0 Å². The highest BCUT2D eigenvalue weighted by molar-refractivity contribution is 6.03. The first-order valence-corrected chi connectivity index (χ1v) is 15.8. The second-order valence-corrected chi connectivity index (χ2v) is 12.4. The van der Waals surface area contributed by atoms with Crippen LogP contribution in [0.3, 0.4) is 0 Å². The van der Waals surface area contributed by atoms with Crippen LogP contribution in [0, 0.1) is 17.0 Å². The molecule has 1 atom stereocenters. The third kappa shape index (κ3) is 5.48. The number of pyridine rings is 1. The van der Waals surface area contributed by atoms with E-state index in [4.69, 9.17) is 14.5 Å². The van der Waals surface area contributed by atoms with E-state index in [1.54, 1.807) is 6.07 Å². The van der Waals surface area contributed by atoms with E-state index in [9.17, 15) is 10.2 Å². The second-order valence-electron chi connectivity index (χ2n) is 12.4. The Kier molecular flexibility index (Phi) is 8.12. The maximum absolute atomic E-state index is 16.9. The lowest BCUT2D eigenvalue weighted by atomic mass is 9.94. The molecule has 0 spiro atoms. The highest BCUT2D eigenvalue weighted by Gasteiger charge is 2.46. The average Bonchev–Trinajstić information content (AvgIpc) is 3.70. The minimum absolute atomic E-state index is 0.00334. The lowest BCUT2D eigenvalue weighted by Crippen LogP contribution is -2.44. The minimum Gasteiger partial charge on any atom is -0.508 e. The van der Waals surface area contributed by atoms with Gasteiger partial charge in [-0.05, 0) is 53.8 Å². The molecule has 1 aliphatic carbocycles. The van der Waals surface area contributed by atoms with E-state index in [0.29, 0.717) is 53.7 Å². The lowest BCUT2D eigenvalue weighted by molar-refractivity contribution is 0.123. The van der Waals surface area contributed by atoms with Gasteiger partial charge in [0.15, 0.2) is 5.82 Å². The van der Waals surface area contributed by atoms with E-state index in [1.807, 2.05) is 17.9 Å². The van der Waals surface area contributed by atoms with Crippen LogP contribution < -0.4 is 19.7 Å². The fraction of sp³-hybridized carbons (Fsp3) is 0.441. The van der Waals surface area contributed by atoms with Crippen LogP contribution in [-0.4, -0.2) is 95.7 Å². The number of aliphatic hydroxyl groups is 1. The molecule has 4 heterocycles. The van der Waals surface area contributed by atoms with E-state index in [-0.39, 0.29) is 52.5 Å². The standard InChI is InChI=1S/C34H38F2N6O4/c1-3-23-25(35)7-6-20-15-22(44)16-24(26(20)23)29-28(36)30-27(32(38-29)45-2)31(41-13-10-37-11-14-41)40-33(39-30)46-19-34(8-9-34)18-42-12-4-5-21(42)17-43/h4-7,15-16,21,37,43-44H,3,8-14,17-19H2,1-2H3. The molecule has 10 nitrogen and oxygen atoms in total. The number of fused-ring (bicyclic) bond motifs is 2. The van der Waals surface area contributed by atoms with Crippen molar-refractivity contribution in [1.29, 1.82) is 0 Å². The molecule has 1 unspecified atom stereocenters. The molecule has 2 aromatic carbocycles. The van der Waals surface area contributed by atoms with Gasteiger partial charge in [-0.1, -0.05) is 25.1 Å². The summed E-state index contributed by atoms with van der Waals surface area (Å²) >= 11 is 0. The van der Waals surface area contributed by atoms with Gasteiger partial charge in [-0.3, -0.25) is 4.90 Å². The molecular formula is C34H38F2N6O4. The van der Waals surface area contributed by atoms with E-state index in [2.05, 4.69) is 26.3 Å². The number of rotatable bonds is 10. The number of aliphatic hydroxyl groups excluding tert-OH is 1. The number of halogens is 2. The van der Waals surface area contributed by atoms with Crippen molar-refractivity contribution in [1.82, 2.24) is 25.2 Å². The van der Waals surface area contributed by atoms with Gasteiger partial charge >= 0.3 is 6.01 Å². The first kappa shape index (κ1) is 30.5. The summed E-state index contributed by atoms with van der Waals surface area (Å²) in [6, 6.07) is 5.88. The Morgan fingerprint density at radius 2 is 1.89 bits per heavy atom. The van der Waals surface area contributed by atoms with Crippen molar-refractivity contribution in [2.75, 3.05) is 64.5 Å². The smallest absolute Gasteiger partial charge is 0.319 e. The zero-order valence-electron chi connectivity index (χ0n) is 26.0. The number of aryl methyl sites for hydroxylation is 1. The van der Waals surface area contributed by atoms with Gasteiger partial charge in [0.25, 0.3) is 0 Å². The fourth-order valence-electron chi connectivity index (χ4n) is 6.77.